The summed E-state index contributed by atoms with van der Waals surface area (Å²) >= 11 is 3.51. The summed E-state index contributed by atoms with van der Waals surface area (Å²) in [5.41, 5.74) is 3.77. The molecular weight excluding hydrogens is 252 g/mol. The topological polar surface area (TPSA) is 27.8 Å². The fourth-order valence-corrected chi connectivity index (χ4v) is 2.45. The molecule has 2 nitrogen and oxygen atoms in total. The molecule has 2 aromatic rings. The molecule has 1 aliphatic heterocycles. The first-order valence-corrected chi connectivity index (χ1v) is 5.79. The highest BCUT2D eigenvalue weighted by atomic mass is 79.9. The van der Waals surface area contributed by atoms with Gasteiger partial charge in [-0.05, 0) is 37.4 Å². The van der Waals surface area contributed by atoms with Crippen LogP contribution in [0.2, 0.25) is 0 Å². The first-order valence-electron chi connectivity index (χ1n) is 4.99. The van der Waals surface area contributed by atoms with Crippen LogP contribution in [0.3, 0.4) is 0 Å². The highest BCUT2D eigenvalue weighted by Crippen LogP contribution is 2.31. The Balaban J connectivity index is 2.37. The molecule has 1 unspecified atom stereocenters. The number of aromatic nitrogens is 1. The van der Waals surface area contributed by atoms with E-state index in [0.29, 0.717) is 6.04 Å². The van der Waals surface area contributed by atoms with Crippen molar-refractivity contribution in [3.8, 4) is 0 Å². The third kappa shape index (κ3) is 1.30. The third-order valence-electron chi connectivity index (χ3n) is 2.86. The molecule has 0 aliphatic carbocycles. The number of H-pyrrole nitrogens is 1. The summed E-state index contributed by atoms with van der Waals surface area (Å²) in [6.07, 6.45) is 4.14. The molecule has 3 heteroatoms. The van der Waals surface area contributed by atoms with Crippen molar-refractivity contribution < 1.29 is 0 Å². The second kappa shape index (κ2) is 3.14. The molecule has 15 heavy (non-hydrogen) atoms. The van der Waals surface area contributed by atoms with Crippen molar-refractivity contribution in [2.45, 2.75) is 13.0 Å². The van der Waals surface area contributed by atoms with Gasteiger partial charge in [-0.1, -0.05) is 15.9 Å². The molecular formula is C12H11BrN2. The SMILES string of the molecule is CC1NC=Cc2c1[nH]c1ccc(Br)cc21. The van der Waals surface area contributed by atoms with Crippen LogP contribution in [-0.2, 0) is 0 Å². The predicted octanol–water partition coefficient (Wildman–Crippen LogP) is 3.57. The van der Waals surface area contributed by atoms with Gasteiger partial charge in [-0.15, -0.1) is 0 Å². The van der Waals surface area contributed by atoms with E-state index in [1.54, 1.807) is 0 Å². The van der Waals surface area contributed by atoms with Crippen molar-refractivity contribution in [3.63, 3.8) is 0 Å². The molecule has 0 saturated heterocycles. The molecule has 0 spiro atoms. The molecule has 0 amide bonds. The van der Waals surface area contributed by atoms with E-state index in [9.17, 15) is 0 Å². The first-order chi connectivity index (χ1) is 7.25. The van der Waals surface area contributed by atoms with Crippen LogP contribution in [0.15, 0.2) is 28.9 Å². The van der Waals surface area contributed by atoms with Crippen molar-refractivity contribution in [1.82, 2.24) is 10.3 Å². The summed E-state index contributed by atoms with van der Waals surface area (Å²) in [5.74, 6) is 0. The maximum Gasteiger partial charge on any atom is 0.0636 e. The van der Waals surface area contributed by atoms with Crippen LogP contribution in [0.25, 0.3) is 17.0 Å². The van der Waals surface area contributed by atoms with Crippen LogP contribution in [0.1, 0.15) is 24.2 Å². The van der Waals surface area contributed by atoms with Gasteiger partial charge < -0.3 is 10.3 Å². The Labute approximate surface area is 96.5 Å². The lowest BCUT2D eigenvalue weighted by atomic mass is 10.0. The number of hydrogen-bond acceptors (Lipinski definition) is 1. The summed E-state index contributed by atoms with van der Waals surface area (Å²) in [7, 11) is 0. The summed E-state index contributed by atoms with van der Waals surface area (Å²) in [6.45, 7) is 2.16. The van der Waals surface area contributed by atoms with Crippen LogP contribution in [0.5, 0.6) is 0 Å². The Kier molecular flexibility index (Phi) is 1.89. The zero-order valence-electron chi connectivity index (χ0n) is 8.34. The van der Waals surface area contributed by atoms with Crippen LogP contribution < -0.4 is 5.32 Å². The van der Waals surface area contributed by atoms with Gasteiger partial charge in [-0.25, -0.2) is 0 Å². The number of nitrogens with one attached hydrogen (secondary N) is 2. The normalized spacial score (nSPS) is 18.9. The molecule has 2 N–H and O–H groups in total. The predicted molar refractivity (Wildman–Crippen MR) is 66.6 cm³/mol. The third-order valence-corrected chi connectivity index (χ3v) is 3.35. The number of benzene rings is 1. The maximum absolute atomic E-state index is 3.51. The number of aromatic amines is 1. The highest BCUT2D eigenvalue weighted by molar-refractivity contribution is 9.10. The second-order valence-corrected chi connectivity index (χ2v) is 4.78. The lowest BCUT2D eigenvalue weighted by molar-refractivity contribution is 0.663. The van der Waals surface area contributed by atoms with E-state index < -0.39 is 0 Å². The van der Waals surface area contributed by atoms with E-state index in [0.717, 1.165) is 4.47 Å². The zero-order chi connectivity index (χ0) is 10.4. The summed E-state index contributed by atoms with van der Waals surface area (Å²) < 4.78 is 1.12. The van der Waals surface area contributed by atoms with E-state index in [1.165, 1.54) is 22.2 Å². The van der Waals surface area contributed by atoms with Crippen molar-refractivity contribution in [1.29, 1.82) is 0 Å². The Morgan fingerprint density at radius 2 is 2.20 bits per heavy atom. The molecule has 76 valence electrons. The lowest BCUT2D eigenvalue weighted by Gasteiger charge is -2.15. The largest absolute Gasteiger partial charge is 0.383 e. The zero-order valence-corrected chi connectivity index (χ0v) is 9.93. The Morgan fingerprint density at radius 1 is 1.33 bits per heavy atom. The maximum atomic E-state index is 3.51. The molecule has 3 rings (SSSR count). The average molecular weight is 263 g/mol. The van der Waals surface area contributed by atoms with E-state index in [2.05, 4.69) is 57.4 Å². The highest BCUT2D eigenvalue weighted by Gasteiger charge is 2.16. The van der Waals surface area contributed by atoms with Crippen molar-refractivity contribution >= 4 is 32.9 Å². The van der Waals surface area contributed by atoms with Gasteiger partial charge in [0.25, 0.3) is 0 Å². The van der Waals surface area contributed by atoms with Gasteiger partial charge in [-0.2, -0.15) is 0 Å². The quantitative estimate of drug-likeness (QED) is 0.747. The molecule has 0 bridgehead atoms. The minimum atomic E-state index is 0.358. The first kappa shape index (κ1) is 9.04. The van der Waals surface area contributed by atoms with Gasteiger partial charge in [0, 0.05) is 26.6 Å². The Morgan fingerprint density at radius 3 is 3.07 bits per heavy atom. The Bertz CT molecular complexity index is 554. The van der Waals surface area contributed by atoms with Gasteiger partial charge >= 0.3 is 0 Å². The minimum absolute atomic E-state index is 0.358. The van der Waals surface area contributed by atoms with Crippen LogP contribution >= 0.6 is 15.9 Å². The monoisotopic (exact) mass is 262 g/mol. The van der Waals surface area contributed by atoms with E-state index in [1.807, 2.05) is 6.20 Å². The van der Waals surface area contributed by atoms with Crippen LogP contribution in [0.4, 0.5) is 0 Å². The van der Waals surface area contributed by atoms with Crippen LogP contribution in [-0.4, -0.2) is 4.98 Å². The average Bonchev–Trinajstić information content (AvgIpc) is 2.58. The number of rotatable bonds is 0. The molecule has 2 heterocycles. The van der Waals surface area contributed by atoms with Gasteiger partial charge in [-0.3, -0.25) is 0 Å². The standard InChI is InChI=1S/C12H11BrN2/c1-7-12-9(4-5-14-7)10-6-8(13)2-3-11(10)15-12/h2-7,14-15H,1H3. The molecule has 0 fully saturated rings. The molecule has 1 aromatic heterocycles. The summed E-state index contributed by atoms with van der Waals surface area (Å²) in [4.78, 5) is 3.46. The molecule has 0 saturated carbocycles. The van der Waals surface area contributed by atoms with Crippen LogP contribution in [0, 0.1) is 0 Å². The lowest BCUT2D eigenvalue weighted by Crippen LogP contribution is -2.15. The number of fused-ring (bicyclic) bond motifs is 3. The molecule has 1 atom stereocenters. The summed E-state index contributed by atoms with van der Waals surface area (Å²) in [5, 5.41) is 4.57. The molecule has 1 aromatic carbocycles. The molecule has 0 radical (unpaired) electrons. The van der Waals surface area contributed by atoms with Crippen molar-refractivity contribution in [2.75, 3.05) is 0 Å². The van der Waals surface area contributed by atoms with Gasteiger partial charge in [0.1, 0.15) is 0 Å². The van der Waals surface area contributed by atoms with Gasteiger partial charge in [0.05, 0.1) is 6.04 Å². The van der Waals surface area contributed by atoms with E-state index in [-0.39, 0.29) is 0 Å². The van der Waals surface area contributed by atoms with Gasteiger partial charge in [0.15, 0.2) is 0 Å². The molecule has 1 aliphatic rings. The fraction of sp³-hybridized carbons (Fsp3) is 0.167. The van der Waals surface area contributed by atoms with E-state index in [4.69, 9.17) is 0 Å². The minimum Gasteiger partial charge on any atom is -0.383 e. The number of halogens is 1. The smallest absolute Gasteiger partial charge is 0.0636 e. The second-order valence-electron chi connectivity index (χ2n) is 3.86. The van der Waals surface area contributed by atoms with Crippen molar-refractivity contribution in [2.24, 2.45) is 0 Å². The Hall–Kier alpha value is -1.22. The fourth-order valence-electron chi connectivity index (χ4n) is 2.09. The van der Waals surface area contributed by atoms with Gasteiger partial charge in [0.2, 0.25) is 0 Å². The number of hydrogen-bond donors (Lipinski definition) is 2. The van der Waals surface area contributed by atoms with Crippen molar-refractivity contribution in [3.05, 3.63) is 40.1 Å². The van der Waals surface area contributed by atoms with E-state index >= 15 is 0 Å². The summed E-state index contributed by atoms with van der Waals surface area (Å²) in [6, 6.07) is 6.69.